The van der Waals surface area contributed by atoms with Crippen molar-refractivity contribution in [2.45, 2.75) is 0 Å². The van der Waals surface area contributed by atoms with Crippen molar-refractivity contribution in [2.24, 2.45) is 5.10 Å². The quantitative estimate of drug-likeness (QED) is 0.382. The number of para-hydroxylation sites is 2. The highest BCUT2D eigenvalue weighted by Gasteiger charge is 2.17. The van der Waals surface area contributed by atoms with Gasteiger partial charge in [-0.25, -0.2) is 15.4 Å². The number of amides is 1. The van der Waals surface area contributed by atoms with Gasteiger partial charge in [0.15, 0.2) is 5.65 Å². The number of hydrogen-bond acceptors (Lipinski definition) is 6. The summed E-state index contributed by atoms with van der Waals surface area (Å²) in [4.78, 5) is 24.3. The molecule has 134 valence electrons. The van der Waals surface area contributed by atoms with Crippen LogP contribution < -0.4 is 15.9 Å². The zero-order valence-corrected chi connectivity index (χ0v) is 14.4. The first kappa shape index (κ1) is 16.5. The fourth-order valence-corrected chi connectivity index (χ4v) is 2.67. The number of H-pyrrole nitrogens is 1. The second-order valence-electron chi connectivity index (χ2n) is 5.80. The largest absolute Gasteiger partial charge is 0.497 e. The molecular weight excluding hydrogens is 344 g/mol. The SMILES string of the molecule is COc1ccc(/C=N/NC(=O)c2[nH]c3nc4ccccc4nc3c2N)cc1. The van der Waals surface area contributed by atoms with E-state index in [0.29, 0.717) is 16.7 Å². The molecule has 4 N–H and O–H groups in total. The highest BCUT2D eigenvalue weighted by molar-refractivity contribution is 6.06. The van der Waals surface area contributed by atoms with E-state index in [2.05, 4.69) is 25.5 Å². The number of carbonyl (C=O) groups excluding carboxylic acids is 1. The monoisotopic (exact) mass is 360 g/mol. The molecule has 4 aromatic rings. The molecule has 0 aliphatic carbocycles. The van der Waals surface area contributed by atoms with Crippen LogP contribution >= 0.6 is 0 Å². The van der Waals surface area contributed by atoms with Crippen LogP contribution in [-0.4, -0.2) is 34.2 Å². The maximum atomic E-state index is 12.4. The lowest BCUT2D eigenvalue weighted by molar-refractivity contribution is 0.0952. The normalized spacial score (nSPS) is 11.3. The average molecular weight is 360 g/mol. The van der Waals surface area contributed by atoms with E-state index in [1.165, 1.54) is 6.21 Å². The van der Waals surface area contributed by atoms with Gasteiger partial charge >= 0.3 is 0 Å². The lowest BCUT2D eigenvalue weighted by Gasteiger charge is -2.00. The van der Waals surface area contributed by atoms with E-state index >= 15 is 0 Å². The predicted molar refractivity (Wildman–Crippen MR) is 104 cm³/mol. The van der Waals surface area contributed by atoms with E-state index in [9.17, 15) is 4.79 Å². The van der Waals surface area contributed by atoms with E-state index in [-0.39, 0.29) is 11.4 Å². The summed E-state index contributed by atoms with van der Waals surface area (Å²) in [5, 5.41) is 3.96. The summed E-state index contributed by atoms with van der Waals surface area (Å²) in [5.74, 6) is 0.274. The Morgan fingerprint density at radius 1 is 1.15 bits per heavy atom. The minimum atomic E-state index is -0.471. The number of methoxy groups -OCH3 is 1. The van der Waals surface area contributed by atoms with Crippen LogP contribution in [0.15, 0.2) is 53.6 Å². The molecule has 8 nitrogen and oxygen atoms in total. The molecule has 27 heavy (non-hydrogen) atoms. The third-order valence-electron chi connectivity index (χ3n) is 4.06. The number of benzene rings is 2. The van der Waals surface area contributed by atoms with E-state index < -0.39 is 5.91 Å². The Morgan fingerprint density at radius 2 is 1.85 bits per heavy atom. The lowest BCUT2D eigenvalue weighted by atomic mass is 10.2. The van der Waals surface area contributed by atoms with Gasteiger partial charge in [-0.1, -0.05) is 12.1 Å². The Kier molecular flexibility index (Phi) is 4.13. The van der Waals surface area contributed by atoms with Crippen LogP contribution in [0.3, 0.4) is 0 Å². The highest BCUT2D eigenvalue weighted by Crippen LogP contribution is 2.24. The van der Waals surface area contributed by atoms with Gasteiger partial charge < -0.3 is 15.5 Å². The molecule has 8 heteroatoms. The van der Waals surface area contributed by atoms with Gasteiger partial charge in [-0.2, -0.15) is 5.10 Å². The summed E-state index contributed by atoms with van der Waals surface area (Å²) >= 11 is 0. The molecule has 4 rings (SSSR count). The van der Waals surface area contributed by atoms with Crippen LogP contribution in [0.1, 0.15) is 16.1 Å². The van der Waals surface area contributed by atoms with Gasteiger partial charge in [0.2, 0.25) is 0 Å². The molecule has 0 saturated carbocycles. The van der Waals surface area contributed by atoms with E-state index in [0.717, 1.165) is 16.8 Å². The number of nitrogens with zero attached hydrogens (tertiary/aromatic N) is 3. The molecule has 0 radical (unpaired) electrons. The van der Waals surface area contributed by atoms with Crippen LogP contribution in [0.5, 0.6) is 5.75 Å². The standard InChI is InChI=1S/C19H16N6O2/c1-27-12-8-6-11(7-9-12)10-21-25-19(26)17-15(20)16-18(24-17)23-14-5-3-2-4-13(14)22-16/h2-10H,20H2,1H3,(H,23,24)(H,25,26)/b21-10+. The number of hydrazone groups is 1. The fourth-order valence-electron chi connectivity index (χ4n) is 2.67. The van der Waals surface area contributed by atoms with Gasteiger partial charge in [0, 0.05) is 0 Å². The summed E-state index contributed by atoms with van der Waals surface area (Å²) in [6.07, 6.45) is 1.53. The Labute approximate surface area is 154 Å². The van der Waals surface area contributed by atoms with Crippen LogP contribution in [0.25, 0.3) is 22.2 Å². The van der Waals surface area contributed by atoms with Crippen LogP contribution in [0.2, 0.25) is 0 Å². The summed E-state index contributed by atoms with van der Waals surface area (Å²) in [6, 6.07) is 14.7. The number of carbonyl (C=O) groups is 1. The van der Waals surface area contributed by atoms with Gasteiger partial charge in [-0.15, -0.1) is 0 Å². The van der Waals surface area contributed by atoms with Gasteiger partial charge in [-0.05, 0) is 42.0 Å². The molecular formula is C19H16N6O2. The third-order valence-corrected chi connectivity index (χ3v) is 4.06. The summed E-state index contributed by atoms with van der Waals surface area (Å²) in [7, 11) is 1.60. The lowest BCUT2D eigenvalue weighted by Crippen LogP contribution is -2.19. The van der Waals surface area contributed by atoms with Crippen molar-refractivity contribution in [3.8, 4) is 5.75 Å². The minimum absolute atomic E-state index is 0.173. The van der Waals surface area contributed by atoms with Gasteiger partial charge in [-0.3, -0.25) is 4.79 Å². The zero-order valence-electron chi connectivity index (χ0n) is 14.4. The number of hydrogen-bond donors (Lipinski definition) is 3. The molecule has 2 aromatic carbocycles. The zero-order chi connectivity index (χ0) is 18.8. The second-order valence-corrected chi connectivity index (χ2v) is 5.80. The molecule has 0 unspecified atom stereocenters. The van der Waals surface area contributed by atoms with Gasteiger partial charge in [0.05, 0.1) is 30.0 Å². The Bertz CT molecular complexity index is 1160. The number of anilines is 1. The highest BCUT2D eigenvalue weighted by atomic mass is 16.5. The maximum absolute atomic E-state index is 12.4. The third kappa shape index (κ3) is 3.15. The van der Waals surface area contributed by atoms with E-state index in [1.807, 2.05) is 36.4 Å². The number of aromatic amines is 1. The van der Waals surface area contributed by atoms with Crippen molar-refractivity contribution in [1.82, 2.24) is 20.4 Å². The molecule has 0 fully saturated rings. The van der Waals surface area contributed by atoms with Crippen LogP contribution in [-0.2, 0) is 0 Å². The minimum Gasteiger partial charge on any atom is -0.497 e. The van der Waals surface area contributed by atoms with Crippen LogP contribution in [0, 0.1) is 0 Å². The summed E-state index contributed by atoms with van der Waals surface area (Å²) < 4.78 is 5.10. The fraction of sp³-hybridized carbons (Fsp3) is 0.0526. The van der Waals surface area contributed by atoms with Crippen molar-refractivity contribution in [3.63, 3.8) is 0 Å². The first-order valence-electron chi connectivity index (χ1n) is 8.17. The number of nitrogens with two attached hydrogens (primary N) is 1. The Morgan fingerprint density at radius 3 is 2.56 bits per heavy atom. The molecule has 0 spiro atoms. The molecule has 2 heterocycles. The number of fused-ring (bicyclic) bond motifs is 2. The molecule has 0 aliphatic rings. The van der Waals surface area contributed by atoms with E-state index in [1.54, 1.807) is 19.2 Å². The number of aromatic nitrogens is 3. The maximum Gasteiger partial charge on any atom is 0.290 e. The second kappa shape index (κ2) is 6.75. The van der Waals surface area contributed by atoms with Gasteiger partial charge in [0.25, 0.3) is 5.91 Å². The molecule has 1 amide bonds. The number of rotatable bonds is 4. The molecule has 0 atom stereocenters. The predicted octanol–water partition coefficient (Wildman–Crippen LogP) is 2.47. The van der Waals surface area contributed by atoms with Crippen molar-refractivity contribution in [2.75, 3.05) is 12.8 Å². The topological polar surface area (TPSA) is 118 Å². The molecule has 0 aliphatic heterocycles. The van der Waals surface area contributed by atoms with E-state index in [4.69, 9.17) is 10.5 Å². The smallest absolute Gasteiger partial charge is 0.290 e. The number of nitrogen functional groups attached to an aromatic ring is 1. The molecule has 2 aromatic heterocycles. The van der Waals surface area contributed by atoms with Crippen molar-refractivity contribution < 1.29 is 9.53 Å². The molecule has 0 bridgehead atoms. The first-order valence-corrected chi connectivity index (χ1v) is 8.17. The number of nitrogens with one attached hydrogen (secondary N) is 2. The summed E-state index contributed by atoms with van der Waals surface area (Å²) in [6.45, 7) is 0. The number of ether oxygens (including phenoxy) is 1. The first-order chi connectivity index (χ1) is 13.2. The molecule has 0 saturated heterocycles. The van der Waals surface area contributed by atoms with Crippen molar-refractivity contribution >= 4 is 40.0 Å². The Hall–Kier alpha value is -3.94. The average Bonchev–Trinajstić information content (AvgIpc) is 3.02. The summed E-state index contributed by atoms with van der Waals surface area (Å²) in [5.41, 5.74) is 12.1. The van der Waals surface area contributed by atoms with Gasteiger partial charge in [0.1, 0.15) is 17.0 Å². The van der Waals surface area contributed by atoms with Crippen molar-refractivity contribution in [3.05, 3.63) is 59.8 Å². The van der Waals surface area contributed by atoms with Crippen molar-refractivity contribution in [1.29, 1.82) is 0 Å². The Balaban J connectivity index is 1.57. The van der Waals surface area contributed by atoms with Crippen LogP contribution in [0.4, 0.5) is 5.69 Å².